The first kappa shape index (κ1) is 11.6. The minimum atomic E-state index is 0.482. The molecule has 1 aliphatic rings. The lowest BCUT2D eigenvalue weighted by molar-refractivity contribution is 0.211. The summed E-state index contributed by atoms with van der Waals surface area (Å²) >= 11 is 0. The van der Waals surface area contributed by atoms with E-state index in [1.807, 2.05) is 13.3 Å². The van der Waals surface area contributed by atoms with Gasteiger partial charge in [-0.1, -0.05) is 20.8 Å². The Morgan fingerprint density at radius 2 is 2.07 bits per heavy atom. The van der Waals surface area contributed by atoms with Gasteiger partial charge in [0.05, 0.1) is 12.9 Å². The molecule has 2 nitrogen and oxygen atoms in total. The van der Waals surface area contributed by atoms with E-state index in [0.29, 0.717) is 17.9 Å². The number of nitrogens with one attached hydrogen (secondary N) is 1. The van der Waals surface area contributed by atoms with Gasteiger partial charge in [-0.15, -0.1) is 0 Å². The zero-order valence-electron chi connectivity index (χ0n) is 9.84. The lowest BCUT2D eigenvalue weighted by Gasteiger charge is -2.30. The fourth-order valence-electron chi connectivity index (χ4n) is 1.98. The van der Waals surface area contributed by atoms with Gasteiger partial charge in [0.1, 0.15) is 0 Å². The zero-order chi connectivity index (χ0) is 10.6. The van der Waals surface area contributed by atoms with E-state index in [2.05, 4.69) is 26.1 Å². The van der Waals surface area contributed by atoms with Crippen molar-refractivity contribution < 1.29 is 4.74 Å². The normalized spacial score (nSPS) is 21.4. The molecule has 14 heavy (non-hydrogen) atoms. The largest absolute Gasteiger partial charge is 0.501 e. The summed E-state index contributed by atoms with van der Waals surface area (Å²) < 4.78 is 5.39. The third kappa shape index (κ3) is 2.74. The highest BCUT2D eigenvalue weighted by Crippen LogP contribution is 2.24. The van der Waals surface area contributed by atoms with Crippen molar-refractivity contribution >= 4 is 0 Å². The molecule has 82 valence electrons. The van der Waals surface area contributed by atoms with Gasteiger partial charge in [-0.2, -0.15) is 0 Å². The van der Waals surface area contributed by atoms with Gasteiger partial charge < -0.3 is 10.1 Å². The number of hydrogen-bond acceptors (Lipinski definition) is 2. The summed E-state index contributed by atoms with van der Waals surface area (Å²) in [6.07, 6.45) is 4.31. The number of likely N-dealkylation sites (N-methyl/N-ethyl adjacent to an activating group) is 1. The summed E-state index contributed by atoms with van der Waals surface area (Å²) in [6, 6.07) is 0.482. The predicted molar refractivity (Wildman–Crippen MR) is 60.1 cm³/mol. The molecule has 2 unspecified atom stereocenters. The molecule has 0 radical (unpaired) electrons. The summed E-state index contributed by atoms with van der Waals surface area (Å²) in [6.45, 7) is 7.75. The molecule has 0 bridgehead atoms. The number of ether oxygens (including phenoxy) is 1. The van der Waals surface area contributed by atoms with Crippen LogP contribution in [0.15, 0.2) is 11.8 Å². The Hall–Kier alpha value is -0.500. The summed E-state index contributed by atoms with van der Waals surface area (Å²) in [5, 5.41) is 3.40. The van der Waals surface area contributed by atoms with Crippen molar-refractivity contribution in [3.8, 4) is 0 Å². The average molecular weight is 197 g/mol. The van der Waals surface area contributed by atoms with Gasteiger partial charge in [-0.3, -0.25) is 0 Å². The van der Waals surface area contributed by atoms with E-state index in [1.165, 1.54) is 12.0 Å². The lowest BCUT2D eigenvalue weighted by atomic mass is 9.84. The minimum Gasteiger partial charge on any atom is -0.501 e. The summed E-state index contributed by atoms with van der Waals surface area (Å²) in [7, 11) is 2.04. The van der Waals surface area contributed by atoms with Crippen LogP contribution in [0.3, 0.4) is 0 Å². The Morgan fingerprint density at radius 1 is 1.36 bits per heavy atom. The van der Waals surface area contributed by atoms with Crippen LogP contribution in [0.1, 0.15) is 33.6 Å². The highest BCUT2D eigenvalue weighted by molar-refractivity contribution is 5.11. The second-order valence-corrected chi connectivity index (χ2v) is 4.54. The molecular weight excluding hydrogens is 174 g/mol. The first-order valence-corrected chi connectivity index (χ1v) is 5.64. The smallest absolute Gasteiger partial charge is 0.0876 e. The molecule has 1 N–H and O–H groups in total. The van der Waals surface area contributed by atoms with Crippen LogP contribution in [0.4, 0.5) is 0 Å². The Bertz CT molecular complexity index is 198. The summed E-state index contributed by atoms with van der Waals surface area (Å²) in [5.74, 6) is 1.36. The van der Waals surface area contributed by atoms with Crippen LogP contribution < -0.4 is 5.32 Å². The first-order valence-electron chi connectivity index (χ1n) is 5.64. The van der Waals surface area contributed by atoms with E-state index >= 15 is 0 Å². The first-order chi connectivity index (χ1) is 6.66. The van der Waals surface area contributed by atoms with Crippen molar-refractivity contribution in [3.63, 3.8) is 0 Å². The molecule has 1 rings (SSSR count). The van der Waals surface area contributed by atoms with Crippen LogP contribution in [0.25, 0.3) is 0 Å². The molecule has 0 saturated heterocycles. The van der Waals surface area contributed by atoms with Crippen molar-refractivity contribution in [3.05, 3.63) is 11.8 Å². The highest BCUT2D eigenvalue weighted by atomic mass is 16.5. The Labute approximate surface area is 87.7 Å². The molecule has 0 fully saturated rings. The monoisotopic (exact) mass is 197 g/mol. The van der Waals surface area contributed by atoms with E-state index in [0.717, 1.165) is 13.0 Å². The van der Waals surface area contributed by atoms with Gasteiger partial charge in [0.15, 0.2) is 0 Å². The molecule has 0 spiro atoms. The summed E-state index contributed by atoms with van der Waals surface area (Å²) in [4.78, 5) is 0. The van der Waals surface area contributed by atoms with E-state index < -0.39 is 0 Å². The van der Waals surface area contributed by atoms with Crippen molar-refractivity contribution in [1.82, 2.24) is 5.32 Å². The molecule has 1 aliphatic heterocycles. The zero-order valence-corrected chi connectivity index (χ0v) is 9.84. The third-order valence-corrected chi connectivity index (χ3v) is 3.25. The van der Waals surface area contributed by atoms with E-state index in [1.54, 1.807) is 0 Å². The average Bonchev–Trinajstić information content (AvgIpc) is 2.20. The van der Waals surface area contributed by atoms with Gasteiger partial charge in [0.2, 0.25) is 0 Å². The van der Waals surface area contributed by atoms with Gasteiger partial charge >= 0.3 is 0 Å². The highest BCUT2D eigenvalue weighted by Gasteiger charge is 2.23. The minimum absolute atomic E-state index is 0.482. The fourth-order valence-corrected chi connectivity index (χ4v) is 1.98. The molecule has 1 heterocycles. The van der Waals surface area contributed by atoms with Crippen molar-refractivity contribution in [2.75, 3.05) is 13.7 Å². The predicted octanol–water partition coefficient (Wildman–Crippen LogP) is 2.56. The van der Waals surface area contributed by atoms with Crippen LogP contribution in [-0.2, 0) is 4.74 Å². The molecule has 0 aliphatic carbocycles. The maximum absolute atomic E-state index is 5.39. The maximum atomic E-state index is 5.39. The van der Waals surface area contributed by atoms with Gasteiger partial charge in [-0.25, -0.2) is 0 Å². The van der Waals surface area contributed by atoms with E-state index in [4.69, 9.17) is 4.74 Å². The number of hydrogen-bond donors (Lipinski definition) is 1. The van der Waals surface area contributed by atoms with Crippen LogP contribution in [0, 0.1) is 11.8 Å². The maximum Gasteiger partial charge on any atom is 0.0876 e. The molecule has 2 atom stereocenters. The van der Waals surface area contributed by atoms with Crippen LogP contribution in [-0.4, -0.2) is 19.7 Å². The van der Waals surface area contributed by atoms with E-state index in [9.17, 15) is 0 Å². The summed E-state index contributed by atoms with van der Waals surface area (Å²) in [5.41, 5.74) is 1.43. The Morgan fingerprint density at radius 3 is 2.50 bits per heavy atom. The standard InChI is InChI=1S/C12H23NO/c1-9(2)10(3)12(13-4)11-6-5-7-14-8-11/h8-10,12-13H,5-7H2,1-4H3. The Balaban J connectivity index is 2.64. The molecule has 2 heteroatoms. The van der Waals surface area contributed by atoms with E-state index in [-0.39, 0.29) is 0 Å². The van der Waals surface area contributed by atoms with Crippen molar-refractivity contribution in [2.45, 2.75) is 39.7 Å². The molecule has 0 aromatic carbocycles. The third-order valence-electron chi connectivity index (χ3n) is 3.25. The second kappa shape index (κ2) is 5.40. The quantitative estimate of drug-likeness (QED) is 0.748. The fraction of sp³-hybridized carbons (Fsp3) is 0.833. The number of rotatable bonds is 4. The molecule has 0 amide bonds. The van der Waals surface area contributed by atoms with Crippen LogP contribution in [0.2, 0.25) is 0 Å². The molecule has 0 aromatic heterocycles. The van der Waals surface area contributed by atoms with Crippen LogP contribution >= 0.6 is 0 Å². The van der Waals surface area contributed by atoms with Crippen molar-refractivity contribution in [1.29, 1.82) is 0 Å². The second-order valence-electron chi connectivity index (χ2n) is 4.54. The van der Waals surface area contributed by atoms with Crippen molar-refractivity contribution in [2.24, 2.45) is 11.8 Å². The lowest BCUT2D eigenvalue weighted by Crippen LogP contribution is -2.37. The topological polar surface area (TPSA) is 21.3 Å². The van der Waals surface area contributed by atoms with Gasteiger partial charge in [0, 0.05) is 6.04 Å². The van der Waals surface area contributed by atoms with Gasteiger partial charge in [0.25, 0.3) is 0 Å². The molecule has 0 aromatic rings. The molecule has 0 saturated carbocycles. The Kier molecular flexibility index (Phi) is 4.46. The molecular formula is C12H23NO. The SMILES string of the molecule is CNC(C1=COCCC1)C(C)C(C)C. The van der Waals surface area contributed by atoms with Gasteiger partial charge in [-0.05, 0) is 37.3 Å². The van der Waals surface area contributed by atoms with Crippen LogP contribution in [0.5, 0.6) is 0 Å².